The molecule has 2 fully saturated rings. The quantitative estimate of drug-likeness (QED) is 0.818. The van der Waals surface area contributed by atoms with E-state index in [9.17, 15) is 13.6 Å². The molecule has 2 aliphatic rings. The molecule has 1 N–H and O–H groups in total. The number of benzene rings is 1. The highest BCUT2D eigenvalue weighted by Gasteiger charge is 2.25. The van der Waals surface area contributed by atoms with E-state index >= 15 is 0 Å². The van der Waals surface area contributed by atoms with E-state index in [0.29, 0.717) is 13.1 Å². The lowest BCUT2D eigenvalue weighted by Crippen LogP contribution is -2.42. The van der Waals surface area contributed by atoms with E-state index in [2.05, 4.69) is 5.32 Å². The molecule has 1 amide bonds. The molecule has 0 radical (unpaired) electrons. The predicted molar refractivity (Wildman–Crippen MR) is 89.4 cm³/mol. The van der Waals surface area contributed by atoms with Gasteiger partial charge in [-0.3, -0.25) is 9.69 Å². The Hall–Kier alpha value is -1.57. The molecule has 2 heterocycles. The van der Waals surface area contributed by atoms with Crippen LogP contribution in [0, 0.1) is 11.6 Å². The molecule has 7 heteroatoms. The largest absolute Gasteiger partial charge is 0.377 e. The molecule has 0 spiro atoms. The van der Waals surface area contributed by atoms with E-state index in [1.807, 2.05) is 4.90 Å². The number of hydrogen-bond donors (Lipinski definition) is 1. The summed E-state index contributed by atoms with van der Waals surface area (Å²) in [5, 5.41) is 2.45. The molecule has 1 aromatic rings. The molecule has 0 saturated carbocycles. The fraction of sp³-hybridized carbons (Fsp3) is 0.611. The zero-order valence-corrected chi connectivity index (χ0v) is 14.2. The first-order chi connectivity index (χ1) is 12.1. The Bertz CT molecular complexity index is 570. The Labute approximate surface area is 146 Å². The van der Waals surface area contributed by atoms with Crippen molar-refractivity contribution in [3.63, 3.8) is 0 Å². The molecule has 25 heavy (non-hydrogen) atoms. The molecule has 0 aliphatic carbocycles. The maximum absolute atomic E-state index is 13.7. The zero-order chi connectivity index (χ0) is 17.6. The molecule has 2 atom stereocenters. The number of rotatable bonds is 7. The van der Waals surface area contributed by atoms with Crippen molar-refractivity contribution < 1.29 is 23.0 Å². The van der Waals surface area contributed by atoms with Crippen molar-refractivity contribution in [2.75, 3.05) is 38.2 Å². The van der Waals surface area contributed by atoms with Gasteiger partial charge in [-0.2, -0.15) is 0 Å². The average molecular weight is 354 g/mol. The maximum atomic E-state index is 13.7. The number of nitrogens with zero attached hydrogens (tertiary/aromatic N) is 1. The summed E-state index contributed by atoms with van der Waals surface area (Å²) in [5.74, 6) is -1.62. The molecule has 3 rings (SSSR count). The van der Waals surface area contributed by atoms with Gasteiger partial charge in [-0.05, 0) is 37.8 Å². The van der Waals surface area contributed by atoms with Gasteiger partial charge in [0.2, 0.25) is 5.91 Å². The highest BCUT2D eigenvalue weighted by molar-refractivity contribution is 5.92. The minimum atomic E-state index is -0.653. The van der Waals surface area contributed by atoms with Crippen LogP contribution in [-0.4, -0.2) is 55.9 Å². The lowest BCUT2D eigenvalue weighted by Gasteiger charge is -2.27. The molecule has 0 aromatic heterocycles. The SMILES string of the molecule is O=C(CN(CC1CCCO1)CC1CCCO1)Nc1cc(F)ccc1F. The third kappa shape index (κ3) is 5.45. The average Bonchev–Trinajstić information content (AvgIpc) is 3.25. The first-order valence-corrected chi connectivity index (χ1v) is 8.80. The molecular weight excluding hydrogens is 330 g/mol. The van der Waals surface area contributed by atoms with Crippen molar-refractivity contribution >= 4 is 11.6 Å². The van der Waals surface area contributed by atoms with E-state index < -0.39 is 11.6 Å². The summed E-state index contributed by atoms with van der Waals surface area (Å²) in [7, 11) is 0. The topological polar surface area (TPSA) is 50.8 Å². The molecule has 2 unspecified atom stereocenters. The first kappa shape index (κ1) is 18.2. The lowest BCUT2D eigenvalue weighted by molar-refractivity contribution is -0.118. The van der Waals surface area contributed by atoms with Gasteiger partial charge >= 0.3 is 0 Å². The van der Waals surface area contributed by atoms with Gasteiger partial charge in [-0.15, -0.1) is 0 Å². The predicted octanol–water partition coefficient (Wildman–Crippen LogP) is 2.56. The second-order valence-electron chi connectivity index (χ2n) is 6.64. The van der Waals surface area contributed by atoms with Crippen molar-refractivity contribution in [2.24, 2.45) is 0 Å². The van der Waals surface area contributed by atoms with Crippen molar-refractivity contribution in [3.8, 4) is 0 Å². The Morgan fingerprint density at radius 2 is 1.76 bits per heavy atom. The number of carbonyl (C=O) groups excluding carboxylic acids is 1. The summed E-state index contributed by atoms with van der Waals surface area (Å²) in [4.78, 5) is 14.3. The highest BCUT2D eigenvalue weighted by Crippen LogP contribution is 2.18. The fourth-order valence-corrected chi connectivity index (χ4v) is 3.34. The van der Waals surface area contributed by atoms with Crippen LogP contribution < -0.4 is 5.32 Å². The van der Waals surface area contributed by atoms with Gasteiger partial charge in [0.25, 0.3) is 0 Å². The lowest BCUT2D eigenvalue weighted by atomic mass is 10.2. The summed E-state index contributed by atoms with van der Waals surface area (Å²) >= 11 is 0. The van der Waals surface area contributed by atoms with E-state index in [-0.39, 0.29) is 30.3 Å². The van der Waals surface area contributed by atoms with Crippen LogP contribution in [0.1, 0.15) is 25.7 Å². The third-order valence-corrected chi connectivity index (χ3v) is 4.54. The monoisotopic (exact) mass is 354 g/mol. The van der Waals surface area contributed by atoms with Crippen LogP contribution in [0.5, 0.6) is 0 Å². The minimum Gasteiger partial charge on any atom is -0.377 e. The van der Waals surface area contributed by atoms with Gasteiger partial charge < -0.3 is 14.8 Å². The van der Waals surface area contributed by atoms with Crippen molar-refractivity contribution in [2.45, 2.75) is 37.9 Å². The molecule has 0 bridgehead atoms. The summed E-state index contributed by atoms with van der Waals surface area (Å²) < 4.78 is 38.2. The second kappa shape index (κ2) is 8.69. The van der Waals surface area contributed by atoms with E-state index in [1.54, 1.807) is 0 Å². The number of nitrogens with one attached hydrogen (secondary N) is 1. The summed E-state index contributed by atoms with van der Waals surface area (Å²) in [6.07, 6.45) is 4.23. The molecule has 1 aromatic carbocycles. The normalized spacial score (nSPS) is 23.3. The Morgan fingerprint density at radius 1 is 1.12 bits per heavy atom. The number of amides is 1. The Kier molecular flexibility index (Phi) is 6.34. The van der Waals surface area contributed by atoms with Gasteiger partial charge in [-0.25, -0.2) is 8.78 Å². The van der Waals surface area contributed by atoms with Crippen molar-refractivity contribution in [1.29, 1.82) is 0 Å². The standard InChI is InChI=1S/C18H24F2N2O3/c19-13-5-6-16(20)17(9-13)21-18(23)12-22(10-14-3-1-7-24-14)11-15-4-2-8-25-15/h5-6,9,14-15H,1-4,7-8,10-12H2,(H,21,23). The van der Waals surface area contributed by atoms with Gasteiger partial charge in [0, 0.05) is 32.4 Å². The number of ether oxygens (including phenoxy) is 2. The van der Waals surface area contributed by atoms with Crippen LogP contribution in [0.15, 0.2) is 18.2 Å². The molecule has 5 nitrogen and oxygen atoms in total. The third-order valence-electron chi connectivity index (χ3n) is 4.54. The second-order valence-corrected chi connectivity index (χ2v) is 6.64. The number of hydrogen-bond acceptors (Lipinski definition) is 4. The molecular formula is C18H24F2N2O3. The van der Waals surface area contributed by atoms with Gasteiger partial charge in [0.15, 0.2) is 0 Å². The number of carbonyl (C=O) groups is 1. The van der Waals surface area contributed by atoms with Crippen LogP contribution in [0.25, 0.3) is 0 Å². The molecule has 2 aliphatic heterocycles. The van der Waals surface area contributed by atoms with Gasteiger partial charge in [-0.1, -0.05) is 0 Å². The van der Waals surface area contributed by atoms with E-state index in [1.165, 1.54) is 0 Å². The van der Waals surface area contributed by atoms with Crippen LogP contribution in [-0.2, 0) is 14.3 Å². The smallest absolute Gasteiger partial charge is 0.238 e. The molecule has 138 valence electrons. The number of anilines is 1. The first-order valence-electron chi connectivity index (χ1n) is 8.80. The van der Waals surface area contributed by atoms with Crippen LogP contribution in [0.2, 0.25) is 0 Å². The van der Waals surface area contributed by atoms with E-state index in [4.69, 9.17) is 9.47 Å². The van der Waals surface area contributed by atoms with Gasteiger partial charge in [0.1, 0.15) is 11.6 Å². The Balaban J connectivity index is 1.58. The van der Waals surface area contributed by atoms with Crippen LogP contribution in [0.3, 0.4) is 0 Å². The zero-order valence-electron chi connectivity index (χ0n) is 14.2. The van der Waals surface area contributed by atoms with Crippen molar-refractivity contribution in [1.82, 2.24) is 4.90 Å². The summed E-state index contributed by atoms with van der Waals surface area (Å²) in [6, 6.07) is 3.01. The maximum Gasteiger partial charge on any atom is 0.238 e. The van der Waals surface area contributed by atoms with E-state index in [0.717, 1.165) is 57.1 Å². The summed E-state index contributed by atoms with van der Waals surface area (Å²) in [5.41, 5.74) is -0.140. The van der Waals surface area contributed by atoms with Crippen molar-refractivity contribution in [3.05, 3.63) is 29.8 Å². The highest BCUT2D eigenvalue weighted by atomic mass is 19.1. The summed E-state index contributed by atoms with van der Waals surface area (Å²) in [6.45, 7) is 2.87. The molecule has 2 saturated heterocycles. The Morgan fingerprint density at radius 3 is 2.32 bits per heavy atom. The number of halogens is 2. The fourth-order valence-electron chi connectivity index (χ4n) is 3.34. The van der Waals surface area contributed by atoms with Gasteiger partial charge in [0.05, 0.1) is 24.4 Å². The minimum absolute atomic E-state index is 0.0929. The van der Waals surface area contributed by atoms with Crippen LogP contribution in [0.4, 0.5) is 14.5 Å². The van der Waals surface area contributed by atoms with Crippen LogP contribution >= 0.6 is 0 Å².